The van der Waals surface area contributed by atoms with Crippen molar-refractivity contribution in [1.82, 2.24) is 9.80 Å². The van der Waals surface area contributed by atoms with Gasteiger partial charge < -0.3 is 9.64 Å². The van der Waals surface area contributed by atoms with Gasteiger partial charge in [-0.25, -0.2) is 0 Å². The van der Waals surface area contributed by atoms with Crippen LogP contribution in [0.2, 0.25) is 0 Å². The summed E-state index contributed by atoms with van der Waals surface area (Å²) in [6.07, 6.45) is 7.31. The van der Waals surface area contributed by atoms with Gasteiger partial charge in [-0.15, -0.1) is 0 Å². The zero-order valence-corrected chi connectivity index (χ0v) is 14.8. The van der Waals surface area contributed by atoms with Crippen molar-refractivity contribution in [2.75, 3.05) is 26.7 Å². The SMILES string of the molecule is CCC(C)O[C@H]1C[C@H](N(CC2CCN(C)CC2)C(C)C)C1. The molecule has 2 aliphatic rings. The Balaban J connectivity index is 1.76. The molecule has 0 aromatic carbocycles. The van der Waals surface area contributed by atoms with Crippen LogP contribution < -0.4 is 0 Å². The molecule has 1 saturated heterocycles. The van der Waals surface area contributed by atoms with Crippen LogP contribution in [0.1, 0.15) is 59.8 Å². The highest BCUT2D eigenvalue weighted by Gasteiger charge is 2.37. The number of likely N-dealkylation sites (tertiary alicyclic amines) is 1. The molecule has 1 atom stereocenters. The normalized spacial score (nSPS) is 29.9. The van der Waals surface area contributed by atoms with Crippen LogP contribution in [0.3, 0.4) is 0 Å². The topological polar surface area (TPSA) is 15.7 Å². The molecule has 0 spiro atoms. The zero-order chi connectivity index (χ0) is 15.4. The minimum absolute atomic E-state index is 0.428. The number of piperidine rings is 1. The third-order valence-corrected chi connectivity index (χ3v) is 5.51. The molecule has 0 aromatic heterocycles. The molecule has 124 valence electrons. The summed E-state index contributed by atoms with van der Waals surface area (Å²) in [5, 5.41) is 0. The van der Waals surface area contributed by atoms with Crippen LogP contribution in [0.25, 0.3) is 0 Å². The van der Waals surface area contributed by atoms with Gasteiger partial charge in [0.2, 0.25) is 0 Å². The second kappa shape index (κ2) is 7.94. The number of nitrogens with zero attached hydrogens (tertiary/aromatic N) is 2. The summed E-state index contributed by atoms with van der Waals surface area (Å²) < 4.78 is 6.07. The third kappa shape index (κ3) is 4.94. The molecule has 2 fully saturated rings. The van der Waals surface area contributed by atoms with Crippen LogP contribution in [0.15, 0.2) is 0 Å². The smallest absolute Gasteiger partial charge is 0.0608 e. The van der Waals surface area contributed by atoms with E-state index >= 15 is 0 Å². The highest BCUT2D eigenvalue weighted by molar-refractivity contribution is 4.91. The highest BCUT2D eigenvalue weighted by atomic mass is 16.5. The fraction of sp³-hybridized carbons (Fsp3) is 1.00. The molecule has 2 rings (SSSR count). The highest BCUT2D eigenvalue weighted by Crippen LogP contribution is 2.32. The lowest BCUT2D eigenvalue weighted by Gasteiger charge is -2.47. The summed E-state index contributed by atoms with van der Waals surface area (Å²) in [7, 11) is 2.25. The Bertz CT molecular complexity index is 294. The first-order valence-corrected chi connectivity index (χ1v) is 9.09. The maximum Gasteiger partial charge on any atom is 0.0608 e. The monoisotopic (exact) mass is 296 g/mol. The molecule has 0 aromatic rings. The maximum atomic E-state index is 6.07. The Morgan fingerprint density at radius 2 is 1.76 bits per heavy atom. The summed E-state index contributed by atoms with van der Waals surface area (Å²) in [6.45, 7) is 13.0. The predicted octanol–water partition coefficient (Wildman–Crippen LogP) is 3.38. The van der Waals surface area contributed by atoms with Gasteiger partial charge in [-0.1, -0.05) is 6.92 Å². The van der Waals surface area contributed by atoms with E-state index in [1.54, 1.807) is 0 Å². The lowest BCUT2D eigenvalue weighted by molar-refractivity contribution is -0.0915. The van der Waals surface area contributed by atoms with Crippen LogP contribution in [0.4, 0.5) is 0 Å². The first-order valence-electron chi connectivity index (χ1n) is 9.09. The molecule has 21 heavy (non-hydrogen) atoms. The minimum atomic E-state index is 0.428. The average Bonchev–Trinajstić information content (AvgIpc) is 2.42. The van der Waals surface area contributed by atoms with Crippen molar-refractivity contribution in [3.63, 3.8) is 0 Å². The molecule has 0 bridgehead atoms. The van der Waals surface area contributed by atoms with E-state index in [0.717, 1.165) is 18.4 Å². The molecule has 0 amide bonds. The van der Waals surface area contributed by atoms with Crippen LogP contribution in [-0.4, -0.2) is 60.8 Å². The van der Waals surface area contributed by atoms with E-state index in [9.17, 15) is 0 Å². The molecular weight excluding hydrogens is 260 g/mol. The Hall–Kier alpha value is -0.120. The second-order valence-corrected chi connectivity index (χ2v) is 7.64. The number of hydrogen-bond donors (Lipinski definition) is 0. The molecule has 1 heterocycles. The Morgan fingerprint density at radius 1 is 1.14 bits per heavy atom. The standard InChI is InChI=1S/C18H36N2O/c1-6-15(4)21-18-11-17(12-18)20(14(2)3)13-16-7-9-19(5)10-8-16/h14-18H,6-13H2,1-5H3/t15?,17-,18-. The maximum absolute atomic E-state index is 6.07. The molecule has 1 aliphatic carbocycles. The van der Waals surface area contributed by atoms with Crippen molar-refractivity contribution in [1.29, 1.82) is 0 Å². The van der Waals surface area contributed by atoms with E-state index in [-0.39, 0.29) is 0 Å². The molecule has 3 nitrogen and oxygen atoms in total. The van der Waals surface area contributed by atoms with Crippen molar-refractivity contribution in [3.8, 4) is 0 Å². The predicted molar refractivity (Wildman–Crippen MR) is 89.7 cm³/mol. The Labute approximate surface area is 132 Å². The van der Waals surface area contributed by atoms with Gasteiger partial charge in [0, 0.05) is 18.6 Å². The number of ether oxygens (including phenoxy) is 1. The fourth-order valence-corrected chi connectivity index (χ4v) is 3.67. The molecule has 1 saturated carbocycles. The molecule has 1 aliphatic heterocycles. The van der Waals surface area contributed by atoms with E-state index in [2.05, 4.69) is 44.5 Å². The van der Waals surface area contributed by atoms with E-state index in [1.807, 2.05) is 0 Å². The third-order valence-electron chi connectivity index (χ3n) is 5.51. The van der Waals surface area contributed by atoms with Gasteiger partial charge in [-0.05, 0) is 78.9 Å². The largest absolute Gasteiger partial charge is 0.375 e. The second-order valence-electron chi connectivity index (χ2n) is 7.64. The van der Waals surface area contributed by atoms with Gasteiger partial charge >= 0.3 is 0 Å². The average molecular weight is 296 g/mol. The Kier molecular flexibility index (Phi) is 6.51. The van der Waals surface area contributed by atoms with Gasteiger partial charge in [0.05, 0.1) is 12.2 Å². The first kappa shape index (κ1) is 17.2. The van der Waals surface area contributed by atoms with Gasteiger partial charge in [0.25, 0.3) is 0 Å². The fourth-order valence-electron chi connectivity index (χ4n) is 3.67. The van der Waals surface area contributed by atoms with E-state index in [4.69, 9.17) is 4.74 Å². The summed E-state index contributed by atoms with van der Waals surface area (Å²) in [6, 6.07) is 1.43. The zero-order valence-electron chi connectivity index (χ0n) is 14.8. The lowest BCUT2D eigenvalue weighted by Crippen LogP contribution is -2.53. The first-order chi connectivity index (χ1) is 9.99. The van der Waals surface area contributed by atoms with Gasteiger partial charge in [0.15, 0.2) is 0 Å². The minimum Gasteiger partial charge on any atom is -0.375 e. The van der Waals surface area contributed by atoms with Crippen LogP contribution in [0, 0.1) is 5.92 Å². The van der Waals surface area contributed by atoms with Crippen LogP contribution in [0.5, 0.6) is 0 Å². The molecular formula is C18H36N2O. The molecule has 1 unspecified atom stereocenters. The summed E-state index contributed by atoms with van der Waals surface area (Å²) in [4.78, 5) is 5.22. The quantitative estimate of drug-likeness (QED) is 0.716. The van der Waals surface area contributed by atoms with E-state index in [0.29, 0.717) is 18.2 Å². The number of rotatable bonds is 7. The van der Waals surface area contributed by atoms with Gasteiger partial charge in [-0.2, -0.15) is 0 Å². The number of hydrogen-bond acceptors (Lipinski definition) is 3. The van der Waals surface area contributed by atoms with Crippen LogP contribution >= 0.6 is 0 Å². The summed E-state index contributed by atoms with van der Waals surface area (Å²) in [5.74, 6) is 0.901. The summed E-state index contributed by atoms with van der Waals surface area (Å²) >= 11 is 0. The van der Waals surface area contributed by atoms with Gasteiger partial charge in [-0.3, -0.25) is 4.90 Å². The van der Waals surface area contributed by atoms with Crippen LogP contribution in [-0.2, 0) is 4.74 Å². The Morgan fingerprint density at radius 3 is 2.29 bits per heavy atom. The lowest BCUT2D eigenvalue weighted by atomic mass is 9.85. The van der Waals surface area contributed by atoms with Crippen molar-refractivity contribution >= 4 is 0 Å². The molecule has 3 heteroatoms. The molecule has 0 radical (unpaired) electrons. The van der Waals surface area contributed by atoms with Crippen molar-refractivity contribution in [3.05, 3.63) is 0 Å². The van der Waals surface area contributed by atoms with Crippen molar-refractivity contribution in [2.45, 2.75) is 84.1 Å². The van der Waals surface area contributed by atoms with Crippen molar-refractivity contribution in [2.24, 2.45) is 5.92 Å². The van der Waals surface area contributed by atoms with Gasteiger partial charge in [0.1, 0.15) is 0 Å². The molecule has 0 N–H and O–H groups in total. The van der Waals surface area contributed by atoms with E-state index in [1.165, 1.54) is 45.3 Å². The van der Waals surface area contributed by atoms with E-state index < -0.39 is 0 Å². The van der Waals surface area contributed by atoms with Crippen molar-refractivity contribution < 1.29 is 4.74 Å². The summed E-state index contributed by atoms with van der Waals surface area (Å²) in [5.41, 5.74) is 0.